The predicted octanol–water partition coefficient (Wildman–Crippen LogP) is 6.84. The maximum Gasteiger partial charge on any atom is 0.264 e. The molecule has 0 saturated carbocycles. The Labute approximate surface area is 259 Å². The highest BCUT2D eigenvalue weighted by Gasteiger charge is 2.34. The number of nitrogens with one attached hydrogen (secondary N) is 1. The molecular weight excluding hydrogens is 593 g/mol. The Morgan fingerprint density at radius 2 is 1.48 bits per heavy atom. The van der Waals surface area contributed by atoms with Gasteiger partial charge >= 0.3 is 0 Å². The SMILES string of the molecule is CC[C@H](C)NC(=O)[C@H](CC)N(Cc1ccc(Cl)cc1Cl)C(=O)CN(c1cc(C)cc(C)c1)S(=O)(=O)c1ccc(C)cc1. The lowest BCUT2D eigenvalue weighted by Crippen LogP contribution is -2.53. The zero-order chi connectivity index (χ0) is 31.2. The number of carbonyl (C=O) groups excluding carboxylic acids is 2. The van der Waals surface area contributed by atoms with Gasteiger partial charge in [0.15, 0.2) is 0 Å². The fraction of sp³-hybridized carbons (Fsp3) is 0.375. The van der Waals surface area contributed by atoms with Crippen molar-refractivity contribution in [3.05, 3.63) is 93.0 Å². The average Bonchev–Trinajstić information content (AvgIpc) is 2.92. The summed E-state index contributed by atoms with van der Waals surface area (Å²) in [6, 6.07) is 15.9. The van der Waals surface area contributed by atoms with Gasteiger partial charge in [0.2, 0.25) is 11.8 Å². The molecule has 2 atom stereocenters. The Morgan fingerprint density at radius 3 is 2.02 bits per heavy atom. The summed E-state index contributed by atoms with van der Waals surface area (Å²) in [6.07, 6.45) is 1.03. The van der Waals surface area contributed by atoms with E-state index in [1.807, 2.05) is 47.6 Å². The summed E-state index contributed by atoms with van der Waals surface area (Å²) in [6.45, 7) is 10.8. The minimum Gasteiger partial charge on any atom is -0.352 e. The van der Waals surface area contributed by atoms with Crippen molar-refractivity contribution < 1.29 is 18.0 Å². The van der Waals surface area contributed by atoms with Gasteiger partial charge in [0.25, 0.3) is 10.0 Å². The van der Waals surface area contributed by atoms with Crippen LogP contribution in [0.25, 0.3) is 0 Å². The van der Waals surface area contributed by atoms with Crippen molar-refractivity contribution >= 4 is 50.7 Å². The third-order valence-corrected chi connectivity index (χ3v) is 9.50. The van der Waals surface area contributed by atoms with E-state index in [4.69, 9.17) is 23.2 Å². The highest BCUT2D eigenvalue weighted by Crippen LogP contribution is 2.28. The largest absolute Gasteiger partial charge is 0.352 e. The van der Waals surface area contributed by atoms with Crippen LogP contribution >= 0.6 is 23.2 Å². The van der Waals surface area contributed by atoms with Gasteiger partial charge in [-0.25, -0.2) is 8.42 Å². The third-order valence-electron chi connectivity index (χ3n) is 7.13. The molecule has 10 heteroatoms. The summed E-state index contributed by atoms with van der Waals surface area (Å²) >= 11 is 12.6. The number of aryl methyl sites for hydroxylation is 3. The number of hydrogen-bond acceptors (Lipinski definition) is 4. The first-order valence-corrected chi connectivity index (χ1v) is 16.2. The fourth-order valence-electron chi connectivity index (χ4n) is 4.65. The van der Waals surface area contributed by atoms with Gasteiger partial charge in [0, 0.05) is 22.6 Å². The van der Waals surface area contributed by atoms with Gasteiger partial charge in [-0.2, -0.15) is 0 Å². The van der Waals surface area contributed by atoms with Crippen molar-refractivity contribution in [2.24, 2.45) is 0 Å². The molecule has 0 fully saturated rings. The number of rotatable bonds is 12. The molecule has 1 N–H and O–H groups in total. The molecule has 3 aromatic carbocycles. The number of nitrogens with zero attached hydrogens (tertiary/aromatic N) is 2. The van der Waals surface area contributed by atoms with E-state index in [1.165, 1.54) is 17.0 Å². The van der Waals surface area contributed by atoms with Gasteiger partial charge in [0.05, 0.1) is 10.6 Å². The van der Waals surface area contributed by atoms with Gasteiger partial charge in [-0.05, 0) is 93.6 Å². The second-order valence-electron chi connectivity index (χ2n) is 10.7. The van der Waals surface area contributed by atoms with Crippen LogP contribution in [0.1, 0.15) is 55.9 Å². The summed E-state index contributed by atoms with van der Waals surface area (Å²) in [5.41, 5.74) is 3.56. The molecule has 0 radical (unpaired) electrons. The molecule has 0 bridgehead atoms. The molecule has 0 heterocycles. The van der Waals surface area contributed by atoms with E-state index in [2.05, 4.69) is 5.32 Å². The smallest absolute Gasteiger partial charge is 0.264 e. The molecule has 0 aliphatic carbocycles. The van der Waals surface area contributed by atoms with Crippen LogP contribution in [0.2, 0.25) is 10.0 Å². The van der Waals surface area contributed by atoms with Crippen LogP contribution in [0.15, 0.2) is 65.6 Å². The molecule has 3 aromatic rings. The number of anilines is 1. The maximum absolute atomic E-state index is 14.2. The Kier molecular flexibility index (Phi) is 11.5. The summed E-state index contributed by atoms with van der Waals surface area (Å²) < 4.78 is 29.3. The molecule has 7 nitrogen and oxygen atoms in total. The molecule has 3 rings (SSSR count). The maximum atomic E-state index is 14.2. The van der Waals surface area contributed by atoms with E-state index in [1.54, 1.807) is 42.5 Å². The van der Waals surface area contributed by atoms with Crippen LogP contribution in [-0.4, -0.2) is 43.8 Å². The number of amides is 2. The van der Waals surface area contributed by atoms with Gasteiger partial charge in [0.1, 0.15) is 12.6 Å². The Balaban J connectivity index is 2.12. The molecule has 0 aliphatic rings. The zero-order valence-corrected chi connectivity index (χ0v) is 27.3. The first-order chi connectivity index (χ1) is 19.8. The number of hydrogen-bond donors (Lipinski definition) is 1. The highest BCUT2D eigenvalue weighted by molar-refractivity contribution is 7.92. The van der Waals surface area contributed by atoms with Crippen molar-refractivity contribution in [1.82, 2.24) is 10.2 Å². The summed E-state index contributed by atoms with van der Waals surface area (Å²) in [5, 5.41) is 3.75. The Hall–Kier alpha value is -3.07. The number of sulfonamides is 1. The van der Waals surface area contributed by atoms with E-state index in [-0.39, 0.29) is 23.4 Å². The van der Waals surface area contributed by atoms with Crippen molar-refractivity contribution in [3.63, 3.8) is 0 Å². The van der Waals surface area contributed by atoms with Crippen LogP contribution in [0, 0.1) is 20.8 Å². The first kappa shape index (κ1) is 33.4. The second kappa shape index (κ2) is 14.4. The zero-order valence-electron chi connectivity index (χ0n) is 24.9. The summed E-state index contributed by atoms with van der Waals surface area (Å²) in [7, 11) is -4.15. The van der Waals surface area contributed by atoms with E-state index in [9.17, 15) is 18.0 Å². The van der Waals surface area contributed by atoms with Crippen LogP contribution in [0.5, 0.6) is 0 Å². The van der Waals surface area contributed by atoms with E-state index < -0.39 is 28.5 Å². The minimum absolute atomic E-state index is 0.00741. The second-order valence-corrected chi connectivity index (χ2v) is 13.4. The van der Waals surface area contributed by atoms with Crippen LogP contribution < -0.4 is 9.62 Å². The van der Waals surface area contributed by atoms with Gasteiger partial charge in [-0.3, -0.25) is 13.9 Å². The van der Waals surface area contributed by atoms with E-state index in [0.717, 1.165) is 21.0 Å². The third kappa shape index (κ3) is 8.27. The fourth-order valence-corrected chi connectivity index (χ4v) is 6.52. The molecule has 0 unspecified atom stereocenters. The topological polar surface area (TPSA) is 86.8 Å². The molecule has 0 saturated heterocycles. The van der Waals surface area contributed by atoms with Crippen molar-refractivity contribution in [2.45, 2.75) is 77.9 Å². The number of benzene rings is 3. The van der Waals surface area contributed by atoms with E-state index in [0.29, 0.717) is 34.1 Å². The van der Waals surface area contributed by atoms with Crippen molar-refractivity contribution in [1.29, 1.82) is 0 Å². The van der Waals surface area contributed by atoms with Gasteiger partial charge < -0.3 is 10.2 Å². The lowest BCUT2D eigenvalue weighted by molar-refractivity contribution is -0.140. The standard InChI is InChI=1S/C32H39Cl2N3O4S/c1-7-24(6)35-32(39)30(8-2)36(19-25-11-12-26(33)18-29(25)34)31(38)20-37(27-16-22(4)15-23(5)17-27)42(40,41)28-13-9-21(3)10-14-28/h9-18,24,30H,7-8,19-20H2,1-6H3,(H,35,39)/t24-,30-/m0/s1. The molecule has 42 heavy (non-hydrogen) atoms. The van der Waals surface area contributed by atoms with Crippen molar-refractivity contribution in [2.75, 3.05) is 10.8 Å². The predicted molar refractivity (Wildman–Crippen MR) is 171 cm³/mol. The lowest BCUT2D eigenvalue weighted by Gasteiger charge is -2.34. The quantitative estimate of drug-likeness (QED) is 0.237. The Bertz CT molecular complexity index is 1510. The molecule has 0 aromatic heterocycles. The monoisotopic (exact) mass is 631 g/mol. The van der Waals surface area contributed by atoms with Crippen LogP contribution in [-0.2, 0) is 26.2 Å². The summed E-state index contributed by atoms with van der Waals surface area (Å²) in [5.74, 6) is -0.855. The van der Waals surface area contributed by atoms with Gasteiger partial charge in [-0.1, -0.05) is 66.9 Å². The first-order valence-electron chi connectivity index (χ1n) is 14.0. The Morgan fingerprint density at radius 1 is 0.857 bits per heavy atom. The average molecular weight is 633 g/mol. The molecule has 226 valence electrons. The highest BCUT2D eigenvalue weighted by atomic mass is 35.5. The van der Waals surface area contributed by atoms with E-state index >= 15 is 0 Å². The molecule has 0 spiro atoms. The number of carbonyl (C=O) groups is 2. The summed E-state index contributed by atoms with van der Waals surface area (Å²) in [4.78, 5) is 29.1. The molecule has 2 amide bonds. The molecular formula is C32H39Cl2N3O4S. The van der Waals surface area contributed by atoms with Crippen molar-refractivity contribution in [3.8, 4) is 0 Å². The van der Waals surface area contributed by atoms with Gasteiger partial charge in [-0.15, -0.1) is 0 Å². The molecule has 0 aliphatic heterocycles. The normalized spacial score (nSPS) is 12.9. The van der Waals surface area contributed by atoms with Crippen LogP contribution in [0.4, 0.5) is 5.69 Å². The minimum atomic E-state index is -4.15. The lowest BCUT2D eigenvalue weighted by atomic mass is 10.1. The number of halogens is 2. The van der Waals surface area contributed by atoms with Crippen LogP contribution in [0.3, 0.4) is 0 Å².